The number of hydrogen-bond acceptors (Lipinski definition) is 8. The summed E-state index contributed by atoms with van der Waals surface area (Å²) in [6.45, 7) is 7.85. The van der Waals surface area contributed by atoms with Gasteiger partial charge in [0.15, 0.2) is 0 Å². The van der Waals surface area contributed by atoms with Crippen molar-refractivity contribution in [3.8, 4) is 10.8 Å². The highest BCUT2D eigenvalue weighted by atomic mass is 32.2. The Morgan fingerprint density at radius 3 is 2.73 bits per heavy atom. The van der Waals surface area contributed by atoms with Crippen LogP contribution in [0.3, 0.4) is 0 Å². The maximum absolute atomic E-state index is 13.1. The van der Waals surface area contributed by atoms with E-state index in [4.69, 9.17) is 4.42 Å². The van der Waals surface area contributed by atoms with E-state index in [0.717, 1.165) is 32.2 Å². The zero-order valence-corrected chi connectivity index (χ0v) is 18.7. The predicted molar refractivity (Wildman–Crippen MR) is 120 cm³/mol. The molecule has 0 saturated carbocycles. The molecule has 1 amide bonds. The molecule has 1 N–H and O–H groups in total. The summed E-state index contributed by atoms with van der Waals surface area (Å²) in [5.41, 5.74) is 2.43. The number of aromatic nitrogens is 4. The Morgan fingerprint density at radius 2 is 2.00 bits per heavy atom. The van der Waals surface area contributed by atoms with Gasteiger partial charge in [0.25, 0.3) is 11.1 Å². The first-order valence-corrected chi connectivity index (χ1v) is 11.2. The number of pyridine rings is 1. The van der Waals surface area contributed by atoms with Gasteiger partial charge in [-0.1, -0.05) is 31.7 Å². The number of amides is 1. The van der Waals surface area contributed by atoms with E-state index >= 15 is 0 Å². The molecule has 0 saturated heterocycles. The van der Waals surface area contributed by atoms with Crippen molar-refractivity contribution in [1.29, 1.82) is 0 Å². The fraction of sp³-hybridized carbons (Fsp3) is 0.286. The Labute approximate surface area is 182 Å². The Kier molecular flexibility index (Phi) is 5.83. The average molecular weight is 440 g/mol. The number of benzene rings is 1. The van der Waals surface area contributed by atoms with Crippen LogP contribution in [-0.4, -0.2) is 31.3 Å². The SMILES string of the molecule is Cc1nc(C)c(-c2nnc(SC(C(=O)Nc3cccc4ncccc34)C(C)C)o2)s1. The summed E-state index contributed by atoms with van der Waals surface area (Å²) in [6.07, 6.45) is 1.74. The van der Waals surface area contributed by atoms with Crippen LogP contribution >= 0.6 is 23.1 Å². The molecule has 154 valence electrons. The van der Waals surface area contributed by atoms with Gasteiger partial charge in [-0.15, -0.1) is 21.5 Å². The van der Waals surface area contributed by atoms with Gasteiger partial charge in [-0.05, 0) is 44.0 Å². The van der Waals surface area contributed by atoms with Crippen LogP contribution in [0.5, 0.6) is 0 Å². The third-order valence-corrected chi connectivity index (χ3v) is 6.94. The Bertz CT molecular complexity index is 1200. The Hall–Kier alpha value is -2.78. The highest BCUT2D eigenvalue weighted by Gasteiger charge is 2.27. The zero-order chi connectivity index (χ0) is 21.3. The average Bonchev–Trinajstić information content (AvgIpc) is 3.31. The second kappa shape index (κ2) is 8.53. The van der Waals surface area contributed by atoms with Crippen LogP contribution in [0.4, 0.5) is 5.69 Å². The van der Waals surface area contributed by atoms with Gasteiger partial charge in [0.1, 0.15) is 4.88 Å². The first-order chi connectivity index (χ1) is 14.4. The molecule has 7 nitrogen and oxygen atoms in total. The highest BCUT2D eigenvalue weighted by Crippen LogP contribution is 2.34. The summed E-state index contributed by atoms with van der Waals surface area (Å²) in [7, 11) is 0. The number of thiazole rings is 1. The summed E-state index contributed by atoms with van der Waals surface area (Å²) in [4.78, 5) is 22.7. The first-order valence-electron chi connectivity index (χ1n) is 9.51. The monoisotopic (exact) mass is 439 g/mol. The second-order valence-electron chi connectivity index (χ2n) is 7.17. The van der Waals surface area contributed by atoms with E-state index in [1.165, 1.54) is 23.1 Å². The molecule has 1 aromatic carbocycles. The van der Waals surface area contributed by atoms with Gasteiger partial charge in [0, 0.05) is 11.6 Å². The van der Waals surface area contributed by atoms with E-state index in [0.29, 0.717) is 11.1 Å². The van der Waals surface area contributed by atoms with Gasteiger partial charge < -0.3 is 9.73 Å². The number of nitrogens with one attached hydrogen (secondary N) is 1. The van der Waals surface area contributed by atoms with Crippen molar-refractivity contribution >= 4 is 45.6 Å². The molecule has 0 bridgehead atoms. The van der Waals surface area contributed by atoms with Crippen molar-refractivity contribution in [2.75, 3.05) is 5.32 Å². The summed E-state index contributed by atoms with van der Waals surface area (Å²) in [6, 6.07) is 9.48. The highest BCUT2D eigenvalue weighted by molar-refractivity contribution is 8.00. The third kappa shape index (κ3) is 4.22. The molecule has 0 fully saturated rings. The molecule has 0 aliphatic heterocycles. The van der Waals surface area contributed by atoms with Gasteiger partial charge in [0.2, 0.25) is 5.91 Å². The number of hydrogen-bond donors (Lipinski definition) is 1. The molecule has 4 aromatic rings. The molecule has 3 aromatic heterocycles. The van der Waals surface area contributed by atoms with Crippen molar-refractivity contribution in [2.45, 2.75) is 38.2 Å². The number of carbonyl (C=O) groups is 1. The summed E-state index contributed by atoms with van der Waals surface area (Å²) < 4.78 is 5.84. The third-order valence-electron chi connectivity index (χ3n) is 4.50. The quantitative estimate of drug-likeness (QED) is 0.417. The smallest absolute Gasteiger partial charge is 0.277 e. The molecule has 4 rings (SSSR count). The number of fused-ring (bicyclic) bond motifs is 1. The predicted octanol–water partition coefficient (Wildman–Crippen LogP) is 5.11. The molecule has 30 heavy (non-hydrogen) atoms. The van der Waals surface area contributed by atoms with Gasteiger partial charge in [-0.25, -0.2) is 4.98 Å². The Balaban J connectivity index is 1.54. The fourth-order valence-electron chi connectivity index (χ4n) is 3.10. The lowest BCUT2D eigenvalue weighted by Gasteiger charge is -2.18. The van der Waals surface area contributed by atoms with Crippen molar-refractivity contribution < 1.29 is 9.21 Å². The molecule has 0 aliphatic carbocycles. The lowest BCUT2D eigenvalue weighted by atomic mass is 10.1. The lowest BCUT2D eigenvalue weighted by molar-refractivity contribution is -0.116. The lowest BCUT2D eigenvalue weighted by Crippen LogP contribution is -2.29. The van der Waals surface area contributed by atoms with Gasteiger partial charge in [-0.2, -0.15) is 0 Å². The number of rotatable bonds is 6. The number of aryl methyl sites for hydroxylation is 2. The number of anilines is 1. The largest absolute Gasteiger partial charge is 0.410 e. The van der Waals surface area contributed by atoms with Crippen LogP contribution in [-0.2, 0) is 4.79 Å². The molecule has 3 heterocycles. The summed E-state index contributed by atoms with van der Waals surface area (Å²) in [5, 5.41) is 13.1. The molecular formula is C21H21N5O2S2. The van der Waals surface area contributed by atoms with Crippen molar-refractivity contribution in [3.63, 3.8) is 0 Å². The van der Waals surface area contributed by atoms with Crippen molar-refractivity contribution in [2.24, 2.45) is 5.92 Å². The van der Waals surface area contributed by atoms with E-state index in [2.05, 4.69) is 25.5 Å². The van der Waals surface area contributed by atoms with Gasteiger partial charge in [-0.3, -0.25) is 9.78 Å². The second-order valence-corrected chi connectivity index (χ2v) is 9.46. The maximum atomic E-state index is 13.1. The van der Waals surface area contributed by atoms with Crippen LogP contribution in [0.1, 0.15) is 24.5 Å². The van der Waals surface area contributed by atoms with E-state index in [1.807, 2.05) is 58.0 Å². The summed E-state index contributed by atoms with van der Waals surface area (Å²) in [5.74, 6) is 0.380. The van der Waals surface area contributed by atoms with E-state index in [1.54, 1.807) is 6.20 Å². The minimum Gasteiger partial charge on any atom is -0.410 e. The van der Waals surface area contributed by atoms with Crippen molar-refractivity contribution in [3.05, 3.63) is 47.2 Å². The minimum atomic E-state index is -0.394. The minimum absolute atomic E-state index is 0.0610. The first kappa shape index (κ1) is 20.5. The molecule has 1 unspecified atom stereocenters. The molecule has 9 heteroatoms. The Morgan fingerprint density at radius 1 is 1.17 bits per heavy atom. The van der Waals surface area contributed by atoms with Gasteiger partial charge in [0.05, 0.1) is 27.2 Å². The topological polar surface area (TPSA) is 93.8 Å². The van der Waals surface area contributed by atoms with Crippen LogP contribution in [0.15, 0.2) is 46.2 Å². The molecule has 0 spiro atoms. The van der Waals surface area contributed by atoms with E-state index in [9.17, 15) is 4.79 Å². The number of nitrogens with zero attached hydrogens (tertiary/aromatic N) is 4. The molecule has 0 radical (unpaired) electrons. The van der Waals surface area contributed by atoms with E-state index < -0.39 is 5.25 Å². The fourth-order valence-corrected chi connectivity index (χ4v) is 4.81. The van der Waals surface area contributed by atoms with E-state index in [-0.39, 0.29) is 11.8 Å². The van der Waals surface area contributed by atoms with Crippen LogP contribution in [0.2, 0.25) is 0 Å². The number of thioether (sulfide) groups is 1. The molecule has 1 atom stereocenters. The van der Waals surface area contributed by atoms with Gasteiger partial charge >= 0.3 is 0 Å². The number of carbonyl (C=O) groups excluding carboxylic acids is 1. The normalized spacial score (nSPS) is 12.4. The van der Waals surface area contributed by atoms with Crippen LogP contribution in [0.25, 0.3) is 21.7 Å². The van der Waals surface area contributed by atoms with Crippen LogP contribution in [0, 0.1) is 19.8 Å². The maximum Gasteiger partial charge on any atom is 0.277 e. The standard InChI is InChI=1S/C21H21N5O2S2/c1-11(2)17(19(27)24-16-9-5-8-15-14(16)7-6-10-22-15)30-21-26-25-20(28-21)18-12(3)23-13(4)29-18/h5-11,17H,1-4H3,(H,24,27). The molecular weight excluding hydrogens is 418 g/mol. The van der Waals surface area contributed by atoms with Crippen molar-refractivity contribution in [1.82, 2.24) is 20.2 Å². The summed E-state index contributed by atoms with van der Waals surface area (Å²) >= 11 is 2.79. The molecule has 0 aliphatic rings. The zero-order valence-electron chi connectivity index (χ0n) is 17.0. The van der Waals surface area contributed by atoms with Crippen LogP contribution < -0.4 is 5.32 Å².